The summed E-state index contributed by atoms with van der Waals surface area (Å²) < 4.78 is 24.2. The number of nitrogens with two attached hydrogens (primary N) is 1. The van der Waals surface area contributed by atoms with Gasteiger partial charge in [-0.1, -0.05) is 11.6 Å². The van der Waals surface area contributed by atoms with E-state index in [1.54, 1.807) is 0 Å². The Labute approximate surface area is 103 Å². The lowest BCUT2D eigenvalue weighted by atomic mass is 10.4. The van der Waals surface area contributed by atoms with Gasteiger partial charge in [0.1, 0.15) is 4.90 Å². The number of sulfone groups is 1. The van der Waals surface area contributed by atoms with Gasteiger partial charge in [0, 0.05) is 5.02 Å². The van der Waals surface area contributed by atoms with Crippen LogP contribution < -0.4 is 5.73 Å². The van der Waals surface area contributed by atoms with Crippen LogP contribution in [0, 0.1) is 0 Å². The molecule has 7 heteroatoms. The molecule has 1 aromatic heterocycles. The molecule has 0 spiro atoms. The van der Waals surface area contributed by atoms with Gasteiger partial charge in [-0.05, 0) is 24.3 Å². The minimum absolute atomic E-state index is 0.00553. The van der Waals surface area contributed by atoms with Gasteiger partial charge < -0.3 is 5.73 Å². The Morgan fingerprint density at radius 3 is 2.06 bits per heavy atom. The summed E-state index contributed by atoms with van der Waals surface area (Å²) >= 11 is 5.69. The van der Waals surface area contributed by atoms with Crippen LogP contribution in [0.3, 0.4) is 0 Å². The van der Waals surface area contributed by atoms with E-state index in [0.717, 1.165) is 0 Å². The second-order valence-corrected chi connectivity index (χ2v) is 5.62. The molecule has 0 radical (unpaired) electrons. The van der Waals surface area contributed by atoms with Crippen molar-refractivity contribution >= 4 is 27.4 Å². The first-order valence-corrected chi connectivity index (χ1v) is 6.44. The summed E-state index contributed by atoms with van der Waals surface area (Å²) in [5.74, 6) is 0.0278. The molecule has 0 fully saturated rings. The molecule has 0 saturated heterocycles. The Balaban J connectivity index is 2.50. The van der Waals surface area contributed by atoms with Crippen LogP contribution in [0.4, 0.5) is 5.95 Å². The fourth-order valence-corrected chi connectivity index (χ4v) is 2.49. The van der Waals surface area contributed by atoms with Gasteiger partial charge in [-0.25, -0.2) is 18.4 Å². The maximum absolute atomic E-state index is 12.1. The van der Waals surface area contributed by atoms with Gasteiger partial charge in [0.25, 0.3) is 0 Å². The monoisotopic (exact) mass is 269 g/mol. The van der Waals surface area contributed by atoms with E-state index in [2.05, 4.69) is 9.97 Å². The highest BCUT2D eigenvalue weighted by Gasteiger charge is 2.18. The maximum Gasteiger partial charge on any atom is 0.219 e. The molecule has 1 aromatic carbocycles. The molecule has 88 valence electrons. The summed E-state index contributed by atoms with van der Waals surface area (Å²) in [5, 5.41) is 0.470. The zero-order valence-corrected chi connectivity index (χ0v) is 10.1. The Kier molecular flexibility index (Phi) is 2.99. The van der Waals surface area contributed by atoms with Gasteiger partial charge >= 0.3 is 0 Å². The molecule has 0 aliphatic rings. The molecule has 0 unspecified atom stereocenters. The first-order valence-electron chi connectivity index (χ1n) is 4.58. The number of anilines is 1. The number of benzene rings is 1. The largest absolute Gasteiger partial charge is 0.368 e. The van der Waals surface area contributed by atoms with E-state index < -0.39 is 9.84 Å². The van der Waals surface area contributed by atoms with Crippen LogP contribution in [0.25, 0.3) is 0 Å². The van der Waals surface area contributed by atoms with Gasteiger partial charge in [0.15, 0.2) is 0 Å². The fraction of sp³-hybridized carbons (Fsp3) is 0. The van der Waals surface area contributed by atoms with Crippen LogP contribution in [0.2, 0.25) is 5.02 Å². The second-order valence-electron chi connectivity index (χ2n) is 3.23. The zero-order valence-electron chi connectivity index (χ0n) is 8.54. The summed E-state index contributed by atoms with van der Waals surface area (Å²) in [7, 11) is -3.61. The predicted molar refractivity (Wildman–Crippen MR) is 63.3 cm³/mol. The molecule has 2 aromatic rings. The zero-order chi connectivity index (χ0) is 12.5. The standard InChI is InChI=1S/C10H8ClN3O2S/c11-7-1-3-8(4-2-7)17(15,16)9-5-13-10(12)14-6-9/h1-6H,(H2,12,13,14). The molecular formula is C10H8ClN3O2S. The van der Waals surface area contributed by atoms with Crippen LogP contribution in [0.1, 0.15) is 0 Å². The molecule has 0 bridgehead atoms. The molecule has 5 nitrogen and oxygen atoms in total. The van der Waals surface area contributed by atoms with Gasteiger partial charge in [-0.3, -0.25) is 0 Å². The molecule has 17 heavy (non-hydrogen) atoms. The minimum atomic E-state index is -3.61. The third-order valence-corrected chi connectivity index (χ3v) is 4.06. The number of aromatic nitrogens is 2. The molecule has 0 saturated carbocycles. The first-order chi connectivity index (χ1) is 8.00. The Morgan fingerprint density at radius 2 is 1.53 bits per heavy atom. The lowest BCUT2D eigenvalue weighted by molar-refractivity contribution is 0.595. The molecule has 0 aliphatic carbocycles. The fourth-order valence-electron chi connectivity index (χ4n) is 1.21. The van der Waals surface area contributed by atoms with E-state index in [4.69, 9.17) is 17.3 Å². The third kappa shape index (κ3) is 2.37. The molecule has 0 aliphatic heterocycles. The Hall–Kier alpha value is -1.66. The average Bonchev–Trinajstić information content (AvgIpc) is 2.30. The number of hydrogen-bond acceptors (Lipinski definition) is 5. The Bertz CT molecular complexity index is 572. The molecule has 2 rings (SSSR count). The highest BCUT2D eigenvalue weighted by Crippen LogP contribution is 2.21. The van der Waals surface area contributed by atoms with Crippen molar-refractivity contribution < 1.29 is 8.42 Å². The topological polar surface area (TPSA) is 85.9 Å². The SMILES string of the molecule is Nc1ncc(S(=O)(=O)c2ccc(Cl)cc2)cn1. The van der Waals surface area contributed by atoms with Crippen LogP contribution in [-0.2, 0) is 9.84 Å². The first kappa shape index (κ1) is 11.8. The van der Waals surface area contributed by atoms with Crippen molar-refractivity contribution in [2.75, 3.05) is 5.73 Å². The molecule has 2 N–H and O–H groups in total. The summed E-state index contributed by atoms with van der Waals surface area (Å²) in [5.41, 5.74) is 5.29. The molecular weight excluding hydrogens is 262 g/mol. The van der Waals surface area contributed by atoms with Crippen molar-refractivity contribution in [2.45, 2.75) is 9.79 Å². The quantitative estimate of drug-likeness (QED) is 0.894. The molecule has 0 amide bonds. The van der Waals surface area contributed by atoms with Crippen LogP contribution in [0.5, 0.6) is 0 Å². The van der Waals surface area contributed by atoms with Crippen LogP contribution in [0.15, 0.2) is 46.5 Å². The van der Waals surface area contributed by atoms with E-state index in [-0.39, 0.29) is 15.7 Å². The van der Waals surface area contributed by atoms with Gasteiger partial charge in [0.2, 0.25) is 15.8 Å². The van der Waals surface area contributed by atoms with Gasteiger partial charge in [-0.15, -0.1) is 0 Å². The predicted octanol–water partition coefficient (Wildman–Crippen LogP) is 1.55. The van der Waals surface area contributed by atoms with Crippen molar-refractivity contribution in [1.29, 1.82) is 0 Å². The van der Waals surface area contributed by atoms with E-state index in [0.29, 0.717) is 5.02 Å². The summed E-state index contributed by atoms with van der Waals surface area (Å²) in [4.78, 5) is 7.43. The van der Waals surface area contributed by atoms with E-state index in [1.807, 2.05) is 0 Å². The van der Waals surface area contributed by atoms with Crippen molar-refractivity contribution in [1.82, 2.24) is 9.97 Å². The van der Waals surface area contributed by atoms with E-state index in [9.17, 15) is 8.42 Å². The van der Waals surface area contributed by atoms with Crippen molar-refractivity contribution in [3.8, 4) is 0 Å². The van der Waals surface area contributed by atoms with Crippen LogP contribution in [-0.4, -0.2) is 18.4 Å². The van der Waals surface area contributed by atoms with Gasteiger partial charge in [-0.2, -0.15) is 0 Å². The van der Waals surface area contributed by atoms with E-state index in [1.165, 1.54) is 36.7 Å². The second kappa shape index (κ2) is 4.31. The highest BCUT2D eigenvalue weighted by molar-refractivity contribution is 7.91. The highest BCUT2D eigenvalue weighted by atomic mass is 35.5. The maximum atomic E-state index is 12.1. The number of nitrogen functional groups attached to an aromatic ring is 1. The number of halogens is 1. The summed E-state index contributed by atoms with van der Waals surface area (Å²) in [6.45, 7) is 0. The average molecular weight is 270 g/mol. The lowest BCUT2D eigenvalue weighted by Crippen LogP contribution is -2.04. The normalized spacial score (nSPS) is 11.4. The van der Waals surface area contributed by atoms with E-state index >= 15 is 0 Å². The number of nitrogens with zero attached hydrogens (tertiary/aromatic N) is 2. The minimum Gasteiger partial charge on any atom is -0.368 e. The smallest absolute Gasteiger partial charge is 0.219 e. The third-order valence-electron chi connectivity index (χ3n) is 2.08. The number of hydrogen-bond donors (Lipinski definition) is 1. The lowest BCUT2D eigenvalue weighted by Gasteiger charge is -2.03. The van der Waals surface area contributed by atoms with Crippen molar-refractivity contribution in [2.24, 2.45) is 0 Å². The molecule has 1 heterocycles. The molecule has 0 atom stereocenters. The van der Waals surface area contributed by atoms with Crippen molar-refractivity contribution in [3.63, 3.8) is 0 Å². The number of rotatable bonds is 2. The van der Waals surface area contributed by atoms with Crippen molar-refractivity contribution in [3.05, 3.63) is 41.7 Å². The summed E-state index contributed by atoms with van der Waals surface area (Å²) in [6, 6.07) is 5.86. The van der Waals surface area contributed by atoms with Gasteiger partial charge in [0.05, 0.1) is 17.3 Å². The van der Waals surface area contributed by atoms with Crippen LogP contribution >= 0.6 is 11.6 Å². The summed E-state index contributed by atoms with van der Waals surface area (Å²) in [6.07, 6.45) is 2.35. The Morgan fingerprint density at radius 1 is 1.00 bits per heavy atom.